The van der Waals surface area contributed by atoms with Gasteiger partial charge in [0.1, 0.15) is 23.7 Å². The predicted molar refractivity (Wildman–Crippen MR) is 137 cm³/mol. The summed E-state index contributed by atoms with van der Waals surface area (Å²) in [5.41, 5.74) is 0.165. The Morgan fingerprint density at radius 3 is 2.09 bits per heavy atom. The molecule has 5 atom stereocenters. The van der Waals surface area contributed by atoms with Crippen LogP contribution < -0.4 is 0 Å². The zero-order valence-electron chi connectivity index (χ0n) is 21.4. The molecular formula is C27H44O6S. The van der Waals surface area contributed by atoms with Crippen molar-refractivity contribution in [1.82, 2.24) is 0 Å². The van der Waals surface area contributed by atoms with Gasteiger partial charge in [0.2, 0.25) is 0 Å². The zero-order valence-corrected chi connectivity index (χ0v) is 22.2. The highest BCUT2D eigenvalue weighted by atomic mass is 32.2. The average Bonchev–Trinajstić information content (AvgIpc) is 2.85. The van der Waals surface area contributed by atoms with Gasteiger partial charge in [-0.1, -0.05) is 65.2 Å². The highest BCUT2D eigenvalue weighted by molar-refractivity contribution is 7.99. The van der Waals surface area contributed by atoms with E-state index >= 15 is 0 Å². The van der Waals surface area contributed by atoms with E-state index in [1.54, 1.807) is 23.9 Å². The second kappa shape index (κ2) is 17.3. The first-order valence-corrected chi connectivity index (χ1v) is 14.0. The number of esters is 1. The van der Waals surface area contributed by atoms with Crippen LogP contribution in [0.25, 0.3) is 0 Å². The summed E-state index contributed by atoms with van der Waals surface area (Å²) < 4.78 is 31.3. The summed E-state index contributed by atoms with van der Waals surface area (Å²) in [5.74, 6) is 0.459. The molecule has 1 heterocycles. The molecule has 0 bridgehead atoms. The molecule has 0 saturated carbocycles. The van der Waals surface area contributed by atoms with Gasteiger partial charge in [0.15, 0.2) is 6.10 Å². The summed E-state index contributed by atoms with van der Waals surface area (Å²) in [4.78, 5) is 13.0. The van der Waals surface area contributed by atoms with E-state index in [0.29, 0.717) is 32.0 Å². The van der Waals surface area contributed by atoms with Crippen molar-refractivity contribution < 1.29 is 28.5 Å². The van der Waals surface area contributed by atoms with Crippen LogP contribution in [0, 0.1) is 0 Å². The Balaban J connectivity index is 2.28. The first kappa shape index (κ1) is 29.1. The number of thioether (sulfide) groups is 1. The molecule has 0 aliphatic carbocycles. The molecule has 4 unspecified atom stereocenters. The summed E-state index contributed by atoms with van der Waals surface area (Å²) in [6.45, 7) is 10.8. The van der Waals surface area contributed by atoms with E-state index < -0.39 is 12.2 Å². The number of hydrogen-bond donors (Lipinski definition) is 0. The quantitative estimate of drug-likeness (QED) is 0.197. The third-order valence-corrected chi connectivity index (χ3v) is 6.76. The highest BCUT2D eigenvalue weighted by Crippen LogP contribution is 2.34. The van der Waals surface area contributed by atoms with Crippen LogP contribution in [0.1, 0.15) is 76.6 Å². The van der Waals surface area contributed by atoms with Gasteiger partial charge in [0.05, 0.1) is 12.2 Å². The van der Waals surface area contributed by atoms with Gasteiger partial charge in [0, 0.05) is 19.8 Å². The molecular weight excluding hydrogens is 452 g/mol. The minimum Gasteiger partial charge on any atom is -0.452 e. The van der Waals surface area contributed by atoms with Gasteiger partial charge in [-0.2, -0.15) is 0 Å². The Morgan fingerprint density at radius 1 is 0.853 bits per heavy atom. The maximum absolute atomic E-state index is 13.0. The standard InChI is InChI=1S/C27H44O6S/c1-5-9-17-29-20-22-23(30-18-10-6-2)24(31-19-11-7-3)25(27(32-22)34-8-4)33-26(28)21-15-13-12-14-16-21/h12-16,22-25,27H,5-11,17-20H2,1-4H3/t22?,23?,24?,25?,27-/m1/s1. The molecule has 34 heavy (non-hydrogen) atoms. The number of rotatable bonds is 17. The number of ether oxygens (including phenoxy) is 5. The molecule has 0 spiro atoms. The molecule has 1 saturated heterocycles. The Labute approximate surface area is 210 Å². The fraction of sp³-hybridized carbons (Fsp3) is 0.741. The van der Waals surface area contributed by atoms with E-state index in [9.17, 15) is 4.79 Å². The van der Waals surface area contributed by atoms with Crippen molar-refractivity contribution in [3.63, 3.8) is 0 Å². The highest BCUT2D eigenvalue weighted by Gasteiger charge is 2.49. The van der Waals surface area contributed by atoms with Crippen LogP contribution in [-0.4, -0.2) is 68.0 Å². The molecule has 6 nitrogen and oxygen atoms in total. The lowest BCUT2D eigenvalue weighted by Crippen LogP contribution is -2.61. The van der Waals surface area contributed by atoms with E-state index in [-0.39, 0.29) is 23.6 Å². The van der Waals surface area contributed by atoms with Crippen molar-refractivity contribution in [3.8, 4) is 0 Å². The molecule has 0 aromatic heterocycles. The minimum atomic E-state index is -0.576. The first-order chi connectivity index (χ1) is 16.7. The number of carbonyl (C=O) groups is 1. The SMILES string of the molecule is CCCCOCC1O[C@H](SCC)C(OC(=O)c2ccccc2)C(OCCCC)C1OCCCC. The molecule has 194 valence electrons. The molecule has 1 aromatic carbocycles. The second-order valence-corrected chi connectivity index (χ2v) is 9.92. The Morgan fingerprint density at radius 2 is 1.47 bits per heavy atom. The van der Waals surface area contributed by atoms with Crippen molar-refractivity contribution in [1.29, 1.82) is 0 Å². The normalized spacial score (nSPS) is 24.8. The van der Waals surface area contributed by atoms with E-state index in [2.05, 4.69) is 27.7 Å². The Bertz CT molecular complexity index is 658. The van der Waals surface area contributed by atoms with Crippen LogP contribution in [-0.2, 0) is 23.7 Å². The van der Waals surface area contributed by atoms with Gasteiger partial charge < -0.3 is 23.7 Å². The van der Waals surface area contributed by atoms with E-state index in [1.165, 1.54) is 0 Å². The van der Waals surface area contributed by atoms with E-state index in [0.717, 1.165) is 44.3 Å². The summed E-state index contributed by atoms with van der Waals surface area (Å²) >= 11 is 1.63. The van der Waals surface area contributed by atoms with Crippen molar-refractivity contribution >= 4 is 17.7 Å². The molecule has 0 N–H and O–H groups in total. The van der Waals surface area contributed by atoms with Crippen LogP contribution >= 0.6 is 11.8 Å². The third-order valence-electron chi connectivity index (χ3n) is 5.72. The number of hydrogen-bond acceptors (Lipinski definition) is 7. The third kappa shape index (κ3) is 9.50. The van der Waals surface area contributed by atoms with Gasteiger partial charge in [-0.15, -0.1) is 11.8 Å². The smallest absolute Gasteiger partial charge is 0.338 e. The lowest BCUT2D eigenvalue weighted by molar-refractivity contribution is -0.237. The monoisotopic (exact) mass is 496 g/mol. The van der Waals surface area contributed by atoms with Crippen LogP contribution in [0.3, 0.4) is 0 Å². The molecule has 0 amide bonds. The van der Waals surface area contributed by atoms with Gasteiger partial charge in [0.25, 0.3) is 0 Å². The Kier molecular flexibility index (Phi) is 14.8. The average molecular weight is 497 g/mol. The number of carbonyl (C=O) groups excluding carboxylic acids is 1. The summed E-state index contributed by atoms with van der Waals surface area (Å²) in [5, 5.41) is 0. The van der Waals surface area contributed by atoms with Gasteiger partial charge in [-0.3, -0.25) is 0 Å². The van der Waals surface area contributed by atoms with Gasteiger partial charge in [-0.05, 0) is 37.1 Å². The van der Waals surface area contributed by atoms with Gasteiger partial charge >= 0.3 is 5.97 Å². The van der Waals surface area contributed by atoms with Crippen molar-refractivity contribution in [2.75, 3.05) is 32.2 Å². The van der Waals surface area contributed by atoms with Gasteiger partial charge in [-0.25, -0.2) is 4.79 Å². The van der Waals surface area contributed by atoms with Crippen molar-refractivity contribution in [2.45, 2.75) is 96.1 Å². The van der Waals surface area contributed by atoms with Crippen LogP contribution in [0.4, 0.5) is 0 Å². The van der Waals surface area contributed by atoms with Crippen molar-refractivity contribution in [3.05, 3.63) is 35.9 Å². The molecule has 2 rings (SSSR count). The fourth-order valence-electron chi connectivity index (χ4n) is 3.77. The predicted octanol–water partition coefficient (Wildman–Crippen LogP) is 5.88. The number of unbranched alkanes of at least 4 members (excludes halogenated alkanes) is 3. The maximum atomic E-state index is 13.0. The molecule has 1 aliphatic heterocycles. The van der Waals surface area contributed by atoms with Crippen LogP contribution in [0.15, 0.2) is 30.3 Å². The van der Waals surface area contributed by atoms with Crippen molar-refractivity contribution in [2.24, 2.45) is 0 Å². The lowest BCUT2D eigenvalue weighted by atomic mass is 9.99. The summed E-state index contributed by atoms with van der Waals surface area (Å²) in [7, 11) is 0. The lowest BCUT2D eigenvalue weighted by Gasteiger charge is -2.45. The maximum Gasteiger partial charge on any atom is 0.338 e. The zero-order chi connectivity index (χ0) is 24.6. The molecule has 0 radical (unpaired) electrons. The Hall–Kier alpha value is -1.12. The van der Waals surface area contributed by atoms with Crippen LogP contribution in [0.5, 0.6) is 0 Å². The number of benzene rings is 1. The van der Waals surface area contributed by atoms with Crippen LogP contribution in [0.2, 0.25) is 0 Å². The van der Waals surface area contributed by atoms with E-state index in [4.69, 9.17) is 23.7 Å². The van der Waals surface area contributed by atoms with E-state index in [1.807, 2.05) is 18.2 Å². The second-order valence-electron chi connectivity index (χ2n) is 8.54. The topological polar surface area (TPSA) is 63.2 Å². The minimum absolute atomic E-state index is 0.281. The molecule has 1 aliphatic rings. The summed E-state index contributed by atoms with van der Waals surface area (Å²) in [6.07, 6.45) is 4.38. The largest absolute Gasteiger partial charge is 0.452 e. The summed E-state index contributed by atoms with van der Waals surface area (Å²) in [6, 6.07) is 9.08. The molecule has 7 heteroatoms. The fourth-order valence-corrected chi connectivity index (χ4v) is 4.72. The first-order valence-electron chi connectivity index (χ1n) is 13.0. The molecule has 1 fully saturated rings. The molecule has 1 aromatic rings.